The second-order valence-electron chi connectivity index (χ2n) is 4.48. The normalized spacial score (nSPS) is 12.3. The van der Waals surface area contributed by atoms with Crippen LogP contribution in [0.4, 0.5) is 4.39 Å². The number of benzene rings is 1. The monoisotopic (exact) mass is 279 g/mol. The summed E-state index contributed by atoms with van der Waals surface area (Å²) < 4.78 is 12.7. The molecule has 0 fully saturated rings. The molecule has 0 saturated carbocycles. The van der Waals surface area contributed by atoms with Gasteiger partial charge in [0.1, 0.15) is 5.82 Å². The van der Waals surface area contributed by atoms with Crippen molar-refractivity contribution in [2.75, 3.05) is 0 Å². The Morgan fingerprint density at radius 2 is 2.00 bits per heavy atom. The van der Waals surface area contributed by atoms with Gasteiger partial charge < -0.3 is 10.4 Å². The molecule has 108 valence electrons. The van der Waals surface area contributed by atoms with Crippen molar-refractivity contribution in [3.63, 3.8) is 0 Å². The zero-order valence-corrected chi connectivity index (χ0v) is 11.3. The highest BCUT2D eigenvalue weighted by Crippen LogP contribution is 2.05. The molecule has 0 aliphatic rings. The highest BCUT2D eigenvalue weighted by atomic mass is 19.1. The summed E-state index contributed by atoms with van der Waals surface area (Å²) in [5.74, 6) is -1.63. The van der Waals surface area contributed by atoms with Gasteiger partial charge in [-0.3, -0.25) is 9.59 Å². The molecule has 0 bridgehead atoms. The Labute approximate surface area is 117 Å². The summed E-state index contributed by atoms with van der Waals surface area (Å²) in [5.41, 5.74) is 0.701. The number of hydrogen-bond donors (Lipinski definition) is 2. The van der Waals surface area contributed by atoms with Crippen LogP contribution in [-0.4, -0.2) is 23.0 Å². The highest BCUT2D eigenvalue weighted by molar-refractivity contribution is 5.92. The molecule has 1 aromatic carbocycles. The molecule has 20 heavy (non-hydrogen) atoms. The highest BCUT2D eigenvalue weighted by Gasteiger charge is 2.13. The quantitative estimate of drug-likeness (QED) is 0.754. The summed E-state index contributed by atoms with van der Waals surface area (Å²) in [6.45, 7) is 1.93. The van der Waals surface area contributed by atoms with Gasteiger partial charge in [-0.15, -0.1) is 0 Å². The van der Waals surface area contributed by atoms with Crippen LogP contribution in [0.5, 0.6) is 0 Å². The topological polar surface area (TPSA) is 66.4 Å². The van der Waals surface area contributed by atoms with Crippen LogP contribution in [0.1, 0.15) is 31.7 Å². The van der Waals surface area contributed by atoms with Crippen molar-refractivity contribution >= 4 is 18.0 Å². The lowest BCUT2D eigenvalue weighted by Gasteiger charge is -2.14. The first kappa shape index (κ1) is 15.9. The SMILES string of the molecule is CCCC(CC(=O)O)NC(=O)/C=C/c1ccc(F)cc1. The van der Waals surface area contributed by atoms with Crippen molar-refractivity contribution in [2.24, 2.45) is 0 Å². The second-order valence-corrected chi connectivity index (χ2v) is 4.48. The van der Waals surface area contributed by atoms with Crippen molar-refractivity contribution in [1.29, 1.82) is 0 Å². The first-order valence-electron chi connectivity index (χ1n) is 6.47. The van der Waals surface area contributed by atoms with Crippen LogP contribution in [-0.2, 0) is 9.59 Å². The third-order valence-corrected chi connectivity index (χ3v) is 2.70. The summed E-state index contributed by atoms with van der Waals surface area (Å²) in [7, 11) is 0. The van der Waals surface area contributed by atoms with Gasteiger partial charge in [-0.25, -0.2) is 4.39 Å². The number of rotatable bonds is 7. The maximum Gasteiger partial charge on any atom is 0.305 e. The minimum absolute atomic E-state index is 0.0933. The lowest BCUT2D eigenvalue weighted by molar-refractivity contribution is -0.137. The van der Waals surface area contributed by atoms with E-state index in [0.717, 1.165) is 6.42 Å². The first-order chi connectivity index (χ1) is 9.51. The number of carbonyl (C=O) groups excluding carboxylic acids is 1. The van der Waals surface area contributed by atoms with Crippen LogP contribution in [0, 0.1) is 5.82 Å². The predicted octanol–water partition coefficient (Wildman–Crippen LogP) is 2.60. The van der Waals surface area contributed by atoms with Crippen molar-refractivity contribution in [2.45, 2.75) is 32.2 Å². The first-order valence-corrected chi connectivity index (χ1v) is 6.47. The van der Waals surface area contributed by atoms with E-state index in [0.29, 0.717) is 12.0 Å². The predicted molar refractivity (Wildman–Crippen MR) is 74.5 cm³/mol. The fourth-order valence-electron chi connectivity index (χ4n) is 1.78. The standard InChI is InChI=1S/C15H18FNO3/c1-2-3-13(10-15(19)20)17-14(18)9-6-11-4-7-12(16)8-5-11/h4-9,13H,2-3,10H2,1H3,(H,17,18)(H,19,20)/b9-6+. The molecular formula is C15H18FNO3. The molecule has 2 N–H and O–H groups in total. The molecule has 1 unspecified atom stereocenters. The van der Waals surface area contributed by atoms with Gasteiger partial charge in [0.05, 0.1) is 6.42 Å². The Morgan fingerprint density at radius 3 is 2.55 bits per heavy atom. The van der Waals surface area contributed by atoms with Crippen molar-refractivity contribution in [3.8, 4) is 0 Å². The molecule has 5 heteroatoms. The molecule has 0 aromatic heterocycles. The van der Waals surface area contributed by atoms with E-state index in [1.165, 1.54) is 18.2 Å². The van der Waals surface area contributed by atoms with Gasteiger partial charge >= 0.3 is 5.97 Å². The summed E-state index contributed by atoms with van der Waals surface area (Å²) in [4.78, 5) is 22.4. The molecule has 0 spiro atoms. The fourth-order valence-corrected chi connectivity index (χ4v) is 1.78. The second kappa shape index (κ2) is 8.09. The Kier molecular flexibility index (Phi) is 6.43. The number of halogens is 1. The van der Waals surface area contributed by atoms with Gasteiger partial charge in [-0.05, 0) is 30.2 Å². The fraction of sp³-hybridized carbons (Fsp3) is 0.333. The van der Waals surface area contributed by atoms with Crippen LogP contribution in [0.15, 0.2) is 30.3 Å². The van der Waals surface area contributed by atoms with E-state index in [1.54, 1.807) is 18.2 Å². The van der Waals surface area contributed by atoms with Gasteiger partial charge in [0.25, 0.3) is 0 Å². The molecule has 0 aliphatic carbocycles. The molecule has 0 radical (unpaired) electrons. The zero-order chi connectivity index (χ0) is 15.0. The smallest absolute Gasteiger partial charge is 0.305 e. The van der Waals surface area contributed by atoms with Crippen molar-refractivity contribution in [3.05, 3.63) is 41.7 Å². The van der Waals surface area contributed by atoms with Crippen LogP contribution < -0.4 is 5.32 Å². The van der Waals surface area contributed by atoms with Crippen LogP contribution in [0.3, 0.4) is 0 Å². The van der Waals surface area contributed by atoms with Crippen molar-refractivity contribution in [1.82, 2.24) is 5.32 Å². The van der Waals surface area contributed by atoms with E-state index in [2.05, 4.69) is 5.32 Å². The molecule has 1 amide bonds. The maximum absolute atomic E-state index is 12.7. The Balaban J connectivity index is 2.56. The molecule has 1 rings (SSSR count). The van der Waals surface area contributed by atoms with Crippen LogP contribution in [0.2, 0.25) is 0 Å². The van der Waals surface area contributed by atoms with E-state index in [4.69, 9.17) is 5.11 Å². The number of carboxylic acids is 1. The minimum atomic E-state index is -0.939. The number of hydrogen-bond acceptors (Lipinski definition) is 2. The molecule has 4 nitrogen and oxygen atoms in total. The summed E-state index contributed by atoms with van der Waals surface area (Å²) in [6, 6.07) is 5.35. The Morgan fingerprint density at radius 1 is 1.35 bits per heavy atom. The van der Waals surface area contributed by atoms with Crippen LogP contribution in [0.25, 0.3) is 6.08 Å². The molecule has 1 aromatic rings. The summed E-state index contributed by atoms with van der Waals surface area (Å²) in [6.07, 6.45) is 4.18. The van der Waals surface area contributed by atoms with E-state index in [1.807, 2.05) is 6.92 Å². The molecule has 0 aliphatic heterocycles. The van der Waals surface area contributed by atoms with Gasteiger partial charge in [0.15, 0.2) is 0 Å². The van der Waals surface area contributed by atoms with Gasteiger partial charge in [0, 0.05) is 12.1 Å². The number of carboxylic acid groups (broad SMARTS) is 1. The van der Waals surface area contributed by atoms with E-state index >= 15 is 0 Å². The summed E-state index contributed by atoms with van der Waals surface area (Å²) in [5, 5.41) is 11.4. The third kappa shape index (κ3) is 6.13. The zero-order valence-electron chi connectivity index (χ0n) is 11.3. The number of aliphatic carboxylic acids is 1. The average molecular weight is 279 g/mol. The molecule has 0 heterocycles. The molecule has 1 atom stereocenters. The number of carbonyl (C=O) groups is 2. The van der Waals surface area contributed by atoms with Gasteiger partial charge in [-0.2, -0.15) is 0 Å². The lowest BCUT2D eigenvalue weighted by atomic mass is 10.1. The van der Waals surface area contributed by atoms with Gasteiger partial charge in [0.2, 0.25) is 5.91 Å². The van der Waals surface area contributed by atoms with E-state index in [9.17, 15) is 14.0 Å². The molecular weight excluding hydrogens is 261 g/mol. The Bertz CT molecular complexity index is 482. The van der Waals surface area contributed by atoms with Crippen molar-refractivity contribution < 1.29 is 19.1 Å². The largest absolute Gasteiger partial charge is 0.481 e. The number of nitrogens with one attached hydrogen (secondary N) is 1. The lowest BCUT2D eigenvalue weighted by Crippen LogP contribution is -2.35. The van der Waals surface area contributed by atoms with Crippen LogP contribution >= 0.6 is 0 Å². The third-order valence-electron chi connectivity index (χ3n) is 2.70. The molecule has 0 saturated heterocycles. The average Bonchev–Trinajstić information content (AvgIpc) is 2.37. The van der Waals surface area contributed by atoms with E-state index in [-0.39, 0.29) is 24.2 Å². The van der Waals surface area contributed by atoms with Gasteiger partial charge in [-0.1, -0.05) is 25.5 Å². The maximum atomic E-state index is 12.7. The minimum Gasteiger partial charge on any atom is -0.481 e. The van der Waals surface area contributed by atoms with E-state index < -0.39 is 5.97 Å². The number of amides is 1. The Hall–Kier alpha value is -2.17. The summed E-state index contributed by atoms with van der Waals surface area (Å²) >= 11 is 0.